The molecule has 0 aliphatic carbocycles. The molecule has 0 aromatic heterocycles. The molecule has 0 aliphatic heterocycles. The summed E-state index contributed by atoms with van der Waals surface area (Å²) in [6, 6.07) is 12.0. The van der Waals surface area contributed by atoms with Crippen LogP contribution in [0.5, 0.6) is 0 Å². The third-order valence-electron chi connectivity index (χ3n) is 5.00. The lowest BCUT2D eigenvalue weighted by Crippen LogP contribution is -1.73. The third-order valence-corrected chi connectivity index (χ3v) is 5.00. The summed E-state index contributed by atoms with van der Waals surface area (Å²) in [4.78, 5) is 0. The van der Waals surface area contributed by atoms with E-state index in [4.69, 9.17) is 0 Å². The van der Waals surface area contributed by atoms with Crippen molar-refractivity contribution in [1.82, 2.24) is 0 Å². The molecule has 1 aromatic carbocycles. The molecule has 0 saturated carbocycles. The Bertz CT molecular complexity index is 273. The minimum Gasteiger partial charge on any atom is -0.0654 e. The Labute approximate surface area is 207 Å². The smallest absolute Gasteiger partial charge is 0.0533 e. The van der Waals surface area contributed by atoms with E-state index in [0.717, 1.165) is 0 Å². The van der Waals surface area contributed by atoms with Gasteiger partial charge < -0.3 is 0 Å². The summed E-state index contributed by atoms with van der Waals surface area (Å²) >= 11 is 0. The molecule has 0 amide bonds. The highest BCUT2D eigenvalue weighted by molar-refractivity contribution is 4.99. The Morgan fingerprint density at radius 2 is 0.375 bits per heavy atom. The van der Waals surface area contributed by atoms with Gasteiger partial charge in [0, 0.05) is 0 Å². The number of hydrogen-bond donors (Lipinski definition) is 0. The third kappa shape index (κ3) is 63.0. The highest BCUT2D eigenvalue weighted by Crippen LogP contribution is 2.03. The Kier molecular flexibility index (Phi) is 57.5. The average molecular weight is 451 g/mol. The first-order chi connectivity index (χ1) is 15.7. The molecule has 0 spiro atoms. The molecule has 0 aliphatic rings. The van der Waals surface area contributed by atoms with Crippen LogP contribution < -0.4 is 0 Å². The minimum absolute atomic E-state index is 1.34. The maximum atomic E-state index is 2.26. The molecular formula is C32H66. The Balaban J connectivity index is -0.000000154. The SMILES string of the molecule is CCCCC.CCCCCC.CCCCCCC.CCCCCCCC.c1ccccc1. The van der Waals surface area contributed by atoms with Crippen molar-refractivity contribution in [3.05, 3.63) is 36.4 Å². The average Bonchev–Trinajstić information content (AvgIpc) is 2.84. The van der Waals surface area contributed by atoms with Crippen LogP contribution in [0, 0.1) is 0 Å². The van der Waals surface area contributed by atoms with E-state index in [0.29, 0.717) is 0 Å². The van der Waals surface area contributed by atoms with Crippen LogP contribution in [0.1, 0.15) is 171 Å². The largest absolute Gasteiger partial charge is 0.0654 e. The zero-order valence-corrected chi connectivity index (χ0v) is 24.2. The lowest BCUT2D eigenvalue weighted by atomic mass is 10.1. The van der Waals surface area contributed by atoms with Gasteiger partial charge in [0.05, 0.1) is 0 Å². The van der Waals surface area contributed by atoms with Gasteiger partial charge in [0.15, 0.2) is 0 Å². The number of benzene rings is 1. The first-order valence-corrected chi connectivity index (χ1v) is 14.7. The molecular weight excluding hydrogens is 384 g/mol. The van der Waals surface area contributed by atoms with Gasteiger partial charge in [-0.2, -0.15) is 0 Å². The predicted molar refractivity (Wildman–Crippen MR) is 155 cm³/mol. The second kappa shape index (κ2) is 47.9. The molecule has 0 nitrogen and oxygen atoms in total. The molecule has 0 bridgehead atoms. The zero-order valence-electron chi connectivity index (χ0n) is 24.2. The number of unbranched alkanes of at least 4 members (excludes halogenated alkanes) is 14. The second-order valence-corrected chi connectivity index (χ2v) is 8.69. The minimum atomic E-state index is 1.34. The molecule has 0 radical (unpaired) electrons. The Morgan fingerprint density at radius 3 is 0.531 bits per heavy atom. The van der Waals surface area contributed by atoms with E-state index >= 15 is 0 Å². The van der Waals surface area contributed by atoms with E-state index < -0.39 is 0 Å². The zero-order chi connectivity index (χ0) is 25.0. The van der Waals surface area contributed by atoms with E-state index in [-0.39, 0.29) is 0 Å². The summed E-state index contributed by atoms with van der Waals surface area (Å²) in [6.07, 6.45) is 25.1. The van der Waals surface area contributed by atoms with Gasteiger partial charge in [-0.1, -0.05) is 207 Å². The van der Waals surface area contributed by atoms with Crippen molar-refractivity contribution >= 4 is 0 Å². The number of rotatable bonds is 14. The van der Waals surface area contributed by atoms with Crippen LogP contribution in [0.15, 0.2) is 36.4 Å². The van der Waals surface area contributed by atoms with Crippen molar-refractivity contribution < 1.29 is 0 Å². The fourth-order valence-corrected chi connectivity index (χ4v) is 2.77. The standard InChI is InChI=1S/C8H18.C7H16.C6H6.C6H14.C5H12/c1-3-5-7-8-6-4-2;1-3-5-7-6-4-2;1-2-4-6-5-3-1;1-3-5-6-4-2;1-3-5-4-2/h3-8H2,1-2H3;3-7H2,1-2H3;1-6H;3-6H2,1-2H3;3-5H2,1-2H3. The Hall–Kier alpha value is -0.780. The normalized spacial score (nSPS) is 9.00. The van der Waals surface area contributed by atoms with Gasteiger partial charge in [-0.25, -0.2) is 0 Å². The first-order valence-electron chi connectivity index (χ1n) is 14.7. The highest BCUT2D eigenvalue weighted by atomic mass is 13.9. The van der Waals surface area contributed by atoms with Crippen molar-refractivity contribution in [2.45, 2.75) is 171 Å². The first kappa shape index (κ1) is 38.5. The summed E-state index contributed by atoms with van der Waals surface area (Å²) in [5, 5.41) is 0. The topological polar surface area (TPSA) is 0 Å². The van der Waals surface area contributed by atoms with Gasteiger partial charge in [-0.15, -0.1) is 0 Å². The van der Waals surface area contributed by atoms with Crippen molar-refractivity contribution in [2.24, 2.45) is 0 Å². The molecule has 32 heavy (non-hydrogen) atoms. The van der Waals surface area contributed by atoms with Crippen LogP contribution in [-0.4, -0.2) is 0 Å². The lowest BCUT2D eigenvalue weighted by Gasteiger charge is -1.93. The summed E-state index contributed by atoms with van der Waals surface area (Å²) in [5.74, 6) is 0. The van der Waals surface area contributed by atoms with E-state index in [1.165, 1.54) is 116 Å². The van der Waals surface area contributed by atoms with Gasteiger partial charge in [0.25, 0.3) is 0 Å². The summed E-state index contributed by atoms with van der Waals surface area (Å²) in [5.41, 5.74) is 0. The maximum absolute atomic E-state index is 2.26. The van der Waals surface area contributed by atoms with E-state index in [1.54, 1.807) is 0 Å². The summed E-state index contributed by atoms with van der Waals surface area (Å²) < 4.78 is 0. The van der Waals surface area contributed by atoms with Crippen molar-refractivity contribution in [2.75, 3.05) is 0 Å². The quantitative estimate of drug-likeness (QED) is 0.247. The summed E-state index contributed by atoms with van der Waals surface area (Å²) in [7, 11) is 0. The molecule has 0 heteroatoms. The fourth-order valence-electron chi connectivity index (χ4n) is 2.77. The van der Waals surface area contributed by atoms with Crippen LogP contribution in [-0.2, 0) is 0 Å². The van der Waals surface area contributed by atoms with Crippen molar-refractivity contribution in [1.29, 1.82) is 0 Å². The van der Waals surface area contributed by atoms with Gasteiger partial charge in [-0.3, -0.25) is 0 Å². The van der Waals surface area contributed by atoms with E-state index in [1.807, 2.05) is 36.4 Å². The second-order valence-electron chi connectivity index (χ2n) is 8.69. The van der Waals surface area contributed by atoms with Gasteiger partial charge in [0.2, 0.25) is 0 Å². The maximum Gasteiger partial charge on any atom is -0.0533 e. The molecule has 0 fully saturated rings. The molecule has 1 rings (SSSR count). The van der Waals surface area contributed by atoms with Crippen molar-refractivity contribution in [3.63, 3.8) is 0 Å². The fraction of sp³-hybridized carbons (Fsp3) is 0.812. The number of hydrogen-bond acceptors (Lipinski definition) is 0. The van der Waals surface area contributed by atoms with Crippen LogP contribution in [0.25, 0.3) is 0 Å². The highest BCUT2D eigenvalue weighted by Gasteiger charge is 1.83. The molecule has 0 atom stereocenters. The Morgan fingerprint density at radius 1 is 0.219 bits per heavy atom. The monoisotopic (exact) mass is 451 g/mol. The van der Waals surface area contributed by atoms with Gasteiger partial charge in [-0.05, 0) is 0 Å². The lowest BCUT2D eigenvalue weighted by molar-refractivity contribution is 0.624. The van der Waals surface area contributed by atoms with Crippen LogP contribution in [0.3, 0.4) is 0 Å². The molecule has 0 saturated heterocycles. The van der Waals surface area contributed by atoms with Crippen molar-refractivity contribution in [3.8, 4) is 0 Å². The van der Waals surface area contributed by atoms with E-state index in [2.05, 4.69) is 55.4 Å². The molecule has 0 unspecified atom stereocenters. The van der Waals surface area contributed by atoms with Crippen LogP contribution >= 0.6 is 0 Å². The summed E-state index contributed by atoms with van der Waals surface area (Å²) in [6.45, 7) is 17.9. The van der Waals surface area contributed by atoms with Crippen LogP contribution in [0.2, 0.25) is 0 Å². The predicted octanol–water partition coefficient (Wildman–Crippen LogP) is 12.8. The molecule has 0 N–H and O–H groups in total. The van der Waals surface area contributed by atoms with Crippen LogP contribution in [0.4, 0.5) is 0 Å². The molecule has 1 aromatic rings. The van der Waals surface area contributed by atoms with Gasteiger partial charge in [0.1, 0.15) is 0 Å². The van der Waals surface area contributed by atoms with E-state index in [9.17, 15) is 0 Å². The molecule has 194 valence electrons. The van der Waals surface area contributed by atoms with Gasteiger partial charge >= 0.3 is 0 Å². The molecule has 0 heterocycles.